The highest BCUT2D eigenvalue weighted by molar-refractivity contribution is 5.88. The Hall–Kier alpha value is -3.02. The van der Waals surface area contributed by atoms with Crippen molar-refractivity contribution >= 4 is 11.9 Å². The van der Waals surface area contributed by atoms with Crippen LogP contribution >= 0.6 is 0 Å². The van der Waals surface area contributed by atoms with Gasteiger partial charge in [0.05, 0.1) is 11.1 Å². The van der Waals surface area contributed by atoms with Gasteiger partial charge in [-0.25, -0.2) is 9.59 Å². The van der Waals surface area contributed by atoms with Gasteiger partial charge < -0.3 is 20.4 Å². The van der Waals surface area contributed by atoms with Crippen LogP contribution < -0.4 is 0 Å². The number of phenolic OH excluding ortho intramolecular Hbond substituents is 2. The average Bonchev–Trinajstić information content (AvgIpc) is 2.45. The molecule has 0 spiro atoms. The molecule has 0 aliphatic rings. The molecule has 0 aliphatic carbocycles. The molecule has 0 amide bonds. The number of carboxylic acid groups (broad SMARTS) is 2. The van der Waals surface area contributed by atoms with Crippen molar-refractivity contribution in [2.24, 2.45) is 0 Å². The Bertz CT molecular complexity index is 644. The highest BCUT2D eigenvalue weighted by atomic mass is 16.4. The minimum absolute atomic E-state index is 0.0184. The molecular weight excluding hydrogens is 288 g/mol. The van der Waals surface area contributed by atoms with E-state index in [0.29, 0.717) is 11.1 Å². The van der Waals surface area contributed by atoms with Crippen molar-refractivity contribution in [2.45, 2.75) is 13.8 Å². The number of aromatic carboxylic acids is 2. The lowest BCUT2D eigenvalue weighted by atomic mass is 10.1. The van der Waals surface area contributed by atoms with Crippen molar-refractivity contribution in [1.29, 1.82) is 0 Å². The number of hydrogen-bond acceptors (Lipinski definition) is 4. The Morgan fingerprint density at radius 3 is 1.27 bits per heavy atom. The summed E-state index contributed by atoms with van der Waals surface area (Å²) in [5.41, 5.74) is 1.56. The Balaban J connectivity index is 0.000000220. The van der Waals surface area contributed by atoms with E-state index in [2.05, 4.69) is 0 Å². The minimum atomic E-state index is -1.03. The second-order valence-electron chi connectivity index (χ2n) is 4.61. The molecule has 0 fully saturated rings. The van der Waals surface area contributed by atoms with Crippen LogP contribution in [-0.2, 0) is 0 Å². The van der Waals surface area contributed by atoms with Crippen LogP contribution in [0.15, 0.2) is 36.4 Å². The summed E-state index contributed by atoms with van der Waals surface area (Å²) in [6.45, 7) is 3.42. The van der Waals surface area contributed by atoms with Crippen LogP contribution in [0.2, 0.25) is 0 Å². The standard InChI is InChI=1S/2C8H8O3/c2*1-5-2-3-6(8(10)11)4-7(5)9/h2*2-4,9H,1H3,(H,10,11). The zero-order valence-electron chi connectivity index (χ0n) is 12.1. The second-order valence-corrected chi connectivity index (χ2v) is 4.61. The summed E-state index contributed by atoms with van der Waals surface area (Å²) in [6.07, 6.45) is 0. The van der Waals surface area contributed by atoms with Gasteiger partial charge in [0.1, 0.15) is 11.5 Å². The molecule has 2 rings (SSSR count). The Morgan fingerprint density at radius 1 is 0.727 bits per heavy atom. The average molecular weight is 304 g/mol. The van der Waals surface area contributed by atoms with Crippen LogP contribution in [0.4, 0.5) is 0 Å². The highest BCUT2D eigenvalue weighted by Gasteiger charge is 2.04. The van der Waals surface area contributed by atoms with E-state index in [-0.39, 0.29) is 22.6 Å². The van der Waals surface area contributed by atoms with Gasteiger partial charge in [-0.1, -0.05) is 12.1 Å². The van der Waals surface area contributed by atoms with Gasteiger partial charge in [0.15, 0.2) is 0 Å². The zero-order chi connectivity index (χ0) is 16.9. The van der Waals surface area contributed by atoms with Crippen LogP contribution in [0.1, 0.15) is 31.8 Å². The van der Waals surface area contributed by atoms with Gasteiger partial charge in [0, 0.05) is 0 Å². The summed E-state index contributed by atoms with van der Waals surface area (Å²) in [5, 5.41) is 35.1. The largest absolute Gasteiger partial charge is 0.508 e. The van der Waals surface area contributed by atoms with Gasteiger partial charge in [0.2, 0.25) is 0 Å². The van der Waals surface area contributed by atoms with E-state index in [4.69, 9.17) is 20.4 Å². The molecule has 116 valence electrons. The summed E-state index contributed by atoms with van der Waals surface area (Å²) >= 11 is 0. The summed E-state index contributed by atoms with van der Waals surface area (Å²) < 4.78 is 0. The predicted octanol–water partition coefficient (Wildman–Crippen LogP) is 2.80. The monoisotopic (exact) mass is 304 g/mol. The second kappa shape index (κ2) is 7.12. The number of aromatic hydroxyl groups is 2. The molecule has 6 heteroatoms. The summed E-state index contributed by atoms with van der Waals surface area (Å²) in [4.78, 5) is 20.7. The van der Waals surface area contributed by atoms with Crippen LogP contribution in [0.3, 0.4) is 0 Å². The van der Waals surface area contributed by atoms with Crippen molar-refractivity contribution in [3.8, 4) is 11.5 Å². The fourth-order valence-electron chi connectivity index (χ4n) is 1.48. The van der Waals surface area contributed by atoms with E-state index < -0.39 is 11.9 Å². The van der Waals surface area contributed by atoms with Crippen molar-refractivity contribution in [3.63, 3.8) is 0 Å². The van der Waals surface area contributed by atoms with Gasteiger partial charge in [0.25, 0.3) is 0 Å². The number of phenols is 2. The molecule has 22 heavy (non-hydrogen) atoms. The van der Waals surface area contributed by atoms with E-state index in [1.54, 1.807) is 26.0 Å². The van der Waals surface area contributed by atoms with Crippen LogP contribution in [0.5, 0.6) is 11.5 Å². The zero-order valence-corrected chi connectivity index (χ0v) is 12.1. The quantitative estimate of drug-likeness (QED) is 0.678. The SMILES string of the molecule is Cc1ccc(C(=O)O)cc1O.Cc1ccc(C(=O)O)cc1O. The molecule has 2 aromatic carbocycles. The van der Waals surface area contributed by atoms with Crippen molar-refractivity contribution in [3.05, 3.63) is 58.7 Å². The first-order valence-electron chi connectivity index (χ1n) is 6.28. The highest BCUT2D eigenvalue weighted by Crippen LogP contribution is 2.17. The molecule has 4 N–H and O–H groups in total. The third-order valence-corrected chi connectivity index (χ3v) is 2.91. The maximum Gasteiger partial charge on any atom is 0.335 e. The van der Waals surface area contributed by atoms with Gasteiger partial charge >= 0.3 is 11.9 Å². The first kappa shape index (κ1) is 17.0. The van der Waals surface area contributed by atoms with Crippen LogP contribution in [-0.4, -0.2) is 32.4 Å². The lowest BCUT2D eigenvalue weighted by Crippen LogP contribution is -1.95. The summed E-state index contributed by atoms with van der Waals surface area (Å²) in [5.74, 6) is -2.02. The molecule has 0 atom stereocenters. The number of rotatable bonds is 2. The first-order valence-corrected chi connectivity index (χ1v) is 6.28. The summed E-state index contributed by atoms with van der Waals surface area (Å²) in [6, 6.07) is 8.52. The number of aryl methyl sites for hydroxylation is 2. The van der Waals surface area contributed by atoms with Crippen molar-refractivity contribution < 1.29 is 30.0 Å². The molecule has 0 radical (unpaired) electrons. The third-order valence-electron chi connectivity index (χ3n) is 2.91. The topological polar surface area (TPSA) is 115 Å². The van der Waals surface area contributed by atoms with Crippen molar-refractivity contribution in [2.75, 3.05) is 0 Å². The van der Waals surface area contributed by atoms with Gasteiger partial charge in [-0.3, -0.25) is 0 Å². The van der Waals surface area contributed by atoms with Gasteiger partial charge in [-0.15, -0.1) is 0 Å². The third kappa shape index (κ3) is 4.52. The summed E-state index contributed by atoms with van der Waals surface area (Å²) in [7, 11) is 0. The van der Waals surface area contributed by atoms with E-state index in [0.717, 1.165) is 0 Å². The molecular formula is C16H16O6. The van der Waals surface area contributed by atoms with E-state index in [9.17, 15) is 9.59 Å². The van der Waals surface area contributed by atoms with Crippen LogP contribution in [0, 0.1) is 13.8 Å². The fourth-order valence-corrected chi connectivity index (χ4v) is 1.48. The maximum atomic E-state index is 10.4. The van der Waals surface area contributed by atoms with Gasteiger partial charge in [-0.05, 0) is 49.2 Å². The molecule has 0 aromatic heterocycles. The Kier molecular flexibility index (Phi) is 5.51. The smallest absolute Gasteiger partial charge is 0.335 e. The normalized spacial score (nSPS) is 9.55. The Morgan fingerprint density at radius 2 is 1.05 bits per heavy atom. The number of benzene rings is 2. The lowest BCUT2D eigenvalue weighted by molar-refractivity contribution is 0.0685. The Labute approximate surface area is 126 Å². The van der Waals surface area contributed by atoms with E-state index >= 15 is 0 Å². The molecule has 6 nitrogen and oxygen atoms in total. The van der Waals surface area contributed by atoms with E-state index in [1.165, 1.54) is 24.3 Å². The number of hydrogen-bond donors (Lipinski definition) is 4. The molecule has 0 heterocycles. The molecule has 2 aromatic rings. The number of carboxylic acids is 2. The fraction of sp³-hybridized carbons (Fsp3) is 0.125. The van der Waals surface area contributed by atoms with Gasteiger partial charge in [-0.2, -0.15) is 0 Å². The molecule has 0 unspecified atom stereocenters. The lowest BCUT2D eigenvalue weighted by Gasteiger charge is -1.98. The number of carbonyl (C=O) groups is 2. The molecule has 0 saturated carbocycles. The van der Waals surface area contributed by atoms with Crippen molar-refractivity contribution in [1.82, 2.24) is 0 Å². The minimum Gasteiger partial charge on any atom is -0.508 e. The maximum absolute atomic E-state index is 10.4. The first-order chi connectivity index (χ1) is 10.2. The molecule has 0 saturated heterocycles. The molecule has 0 aliphatic heterocycles. The predicted molar refractivity (Wildman–Crippen MR) is 79.6 cm³/mol. The molecule has 0 bridgehead atoms. The van der Waals surface area contributed by atoms with E-state index in [1.807, 2.05) is 0 Å². The van der Waals surface area contributed by atoms with Crippen LogP contribution in [0.25, 0.3) is 0 Å².